The summed E-state index contributed by atoms with van der Waals surface area (Å²) in [7, 11) is -3.39. The molecule has 21 heavy (non-hydrogen) atoms. The normalized spacial score (nSPS) is 18.0. The number of aryl methyl sites for hydroxylation is 1. The Balaban J connectivity index is 2.10. The Morgan fingerprint density at radius 3 is 2.62 bits per heavy atom. The van der Waals surface area contributed by atoms with Crippen molar-refractivity contribution in [2.75, 3.05) is 26.2 Å². The summed E-state index contributed by atoms with van der Waals surface area (Å²) in [6, 6.07) is 5.45. The molecule has 4 nitrogen and oxygen atoms in total. The highest BCUT2D eigenvalue weighted by atomic mass is 79.9. The van der Waals surface area contributed by atoms with Gasteiger partial charge in [-0.1, -0.05) is 13.0 Å². The maximum absolute atomic E-state index is 12.8. The van der Waals surface area contributed by atoms with Crippen molar-refractivity contribution >= 4 is 26.0 Å². The van der Waals surface area contributed by atoms with Crippen LogP contribution in [0.4, 0.5) is 0 Å². The zero-order valence-corrected chi connectivity index (χ0v) is 15.0. The molecule has 0 atom stereocenters. The Kier molecular flexibility index (Phi) is 5.82. The van der Waals surface area contributed by atoms with Crippen molar-refractivity contribution in [2.24, 2.45) is 5.92 Å². The number of hydrogen-bond donors (Lipinski definition) is 1. The molecule has 0 saturated carbocycles. The van der Waals surface area contributed by atoms with E-state index in [0.29, 0.717) is 28.4 Å². The van der Waals surface area contributed by atoms with E-state index in [1.54, 1.807) is 16.4 Å². The largest absolute Gasteiger partial charge is 0.317 e. The fourth-order valence-corrected chi connectivity index (χ4v) is 5.13. The van der Waals surface area contributed by atoms with Crippen molar-refractivity contribution < 1.29 is 8.42 Å². The highest BCUT2D eigenvalue weighted by Gasteiger charge is 2.30. The molecule has 1 aromatic rings. The lowest BCUT2D eigenvalue weighted by Crippen LogP contribution is -2.40. The molecular formula is C15H23BrN2O2S. The van der Waals surface area contributed by atoms with Gasteiger partial charge in [0.1, 0.15) is 0 Å². The van der Waals surface area contributed by atoms with Gasteiger partial charge in [-0.2, -0.15) is 4.31 Å². The average Bonchev–Trinajstić information content (AvgIpc) is 2.48. The molecule has 1 heterocycles. The molecule has 1 aromatic carbocycles. The van der Waals surface area contributed by atoms with E-state index in [-0.39, 0.29) is 0 Å². The molecule has 6 heteroatoms. The number of halogens is 1. The summed E-state index contributed by atoms with van der Waals surface area (Å²) in [5, 5.41) is 3.34. The van der Waals surface area contributed by atoms with Crippen molar-refractivity contribution in [3.05, 3.63) is 28.2 Å². The minimum Gasteiger partial charge on any atom is -0.317 e. The average molecular weight is 375 g/mol. The second-order valence-corrected chi connectivity index (χ2v) is 8.35. The fourth-order valence-electron chi connectivity index (χ4n) is 2.65. The molecule has 1 aliphatic heterocycles. The molecule has 0 amide bonds. The number of piperidine rings is 1. The molecule has 0 spiro atoms. The molecule has 118 valence electrons. The summed E-state index contributed by atoms with van der Waals surface area (Å²) in [4.78, 5) is 0.382. The van der Waals surface area contributed by atoms with E-state index < -0.39 is 10.0 Å². The second kappa shape index (κ2) is 7.22. The van der Waals surface area contributed by atoms with Crippen molar-refractivity contribution in [3.8, 4) is 0 Å². The van der Waals surface area contributed by atoms with Crippen LogP contribution < -0.4 is 5.32 Å². The molecule has 1 aliphatic rings. The van der Waals surface area contributed by atoms with E-state index in [4.69, 9.17) is 0 Å². The van der Waals surface area contributed by atoms with Crippen LogP contribution in [-0.2, 0) is 10.0 Å². The van der Waals surface area contributed by atoms with Crippen LogP contribution >= 0.6 is 15.9 Å². The third-order valence-electron chi connectivity index (χ3n) is 3.96. The fraction of sp³-hybridized carbons (Fsp3) is 0.600. The number of rotatable bonds is 5. The summed E-state index contributed by atoms with van der Waals surface area (Å²) >= 11 is 3.36. The third kappa shape index (κ3) is 4.06. The van der Waals surface area contributed by atoms with Gasteiger partial charge >= 0.3 is 0 Å². The van der Waals surface area contributed by atoms with Crippen LogP contribution in [0.3, 0.4) is 0 Å². The lowest BCUT2D eigenvalue weighted by molar-refractivity contribution is 0.268. The summed E-state index contributed by atoms with van der Waals surface area (Å²) < 4.78 is 27.8. The minimum atomic E-state index is -3.39. The van der Waals surface area contributed by atoms with E-state index in [2.05, 4.69) is 28.2 Å². The number of hydrogen-bond acceptors (Lipinski definition) is 3. The molecule has 1 fully saturated rings. The topological polar surface area (TPSA) is 49.4 Å². The number of sulfonamides is 1. The van der Waals surface area contributed by atoms with Gasteiger partial charge in [0, 0.05) is 17.6 Å². The Bertz CT molecular complexity index is 581. The lowest BCUT2D eigenvalue weighted by Gasteiger charge is -2.31. The van der Waals surface area contributed by atoms with Crippen molar-refractivity contribution in [2.45, 2.75) is 31.6 Å². The summed E-state index contributed by atoms with van der Waals surface area (Å²) in [6.07, 6.45) is 1.85. The van der Waals surface area contributed by atoms with E-state index >= 15 is 0 Å². The van der Waals surface area contributed by atoms with E-state index in [0.717, 1.165) is 31.5 Å². The first-order valence-electron chi connectivity index (χ1n) is 7.42. The van der Waals surface area contributed by atoms with E-state index in [1.165, 1.54) is 0 Å². The van der Waals surface area contributed by atoms with Gasteiger partial charge in [0.05, 0.1) is 4.90 Å². The first kappa shape index (κ1) is 16.9. The SMILES string of the molecule is CCNCC1CCN(S(=O)(=O)c2cc(C)ccc2Br)CC1. The van der Waals surface area contributed by atoms with Gasteiger partial charge in [-0.05, 0) is 72.4 Å². The van der Waals surface area contributed by atoms with Crippen LogP contribution in [0.25, 0.3) is 0 Å². The molecule has 0 unspecified atom stereocenters. The summed E-state index contributed by atoms with van der Waals surface area (Å²) in [5.41, 5.74) is 0.957. The molecule has 0 aromatic heterocycles. The molecule has 0 bridgehead atoms. The predicted octanol–water partition coefficient (Wildman–Crippen LogP) is 2.77. The molecule has 1 saturated heterocycles. The van der Waals surface area contributed by atoms with E-state index in [9.17, 15) is 8.42 Å². The third-order valence-corrected chi connectivity index (χ3v) is 6.85. The van der Waals surface area contributed by atoms with Gasteiger partial charge < -0.3 is 5.32 Å². The molecular weight excluding hydrogens is 352 g/mol. The van der Waals surface area contributed by atoms with Crippen LogP contribution in [0.1, 0.15) is 25.3 Å². The van der Waals surface area contributed by atoms with Crippen LogP contribution in [0.2, 0.25) is 0 Å². The highest BCUT2D eigenvalue weighted by Crippen LogP contribution is 2.29. The Morgan fingerprint density at radius 2 is 2.00 bits per heavy atom. The smallest absolute Gasteiger partial charge is 0.244 e. The Morgan fingerprint density at radius 1 is 1.33 bits per heavy atom. The number of nitrogens with one attached hydrogen (secondary N) is 1. The van der Waals surface area contributed by atoms with Crippen LogP contribution in [-0.4, -0.2) is 38.9 Å². The van der Waals surface area contributed by atoms with Crippen molar-refractivity contribution in [1.29, 1.82) is 0 Å². The van der Waals surface area contributed by atoms with Gasteiger partial charge in [0.15, 0.2) is 0 Å². The predicted molar refractivity (Wildman–Crippen MR) is 88.9 cm³/mol. The molecule has 1 N–H and O–H groups in total. The Hall–Kier alpha value is -0.430. The molecule has 2 rings (SSSR count). The first-order valence-corrected chi connectivity index (χ1v) is 9.65. The number of nitrogens with zero attached hydrogens (tertiary/aromatic N) is 1. The zero-order chi connectivity index (χ0) is 15.5. The monoisotopic (exact) mass is 374 g/mol. The van der Waals surface area contributed by atoms with Crippen LogP contribution in [0.15, 0.2) is 27.6 Å². The van der Waals surface area contributed by atoms with E-state index in [1.807, 2.05) is 13.0 Å². The Labute approximate surface area is 136 Å². The molecule has 0 aliphatic carbocycles. The van der Waals surface area contributed by atoms with Gasteiger partial charge in [0.2, 0.25) is 10.0 Å². The maximum atomic E-state index is 12.8. The van der Waals surface area contributed by atoms with Gasteiger partial charge in [0.25, 0.3) is 0 Å². The summed E-state index contributed by atoms with van der Waals surface area (Å²) in [5.74, 6) is 0.581. The van der Waals surface area contributed by atoms with Crippen LogP contribution in [0, 0.1) is 12.8 Å². The first-order chi connectivity index (χ1) is 9.95. The zero-order valence-electron chi connectivity index (χ0n) is 12.6. The van der Waals surface area contributed by atoms with Crippen molar-refractivity contribution in [1.82, 2.24) is 9.62 Å². The van der Waals surface area contributed by atoms with Crippen molar-refractivity contribution in [3.63, 3.8) is 0 Å². The maximum Gasteiger partial charge on any atom is 0.244 e. The summed E-state index contributed by atoms with van der Waals surface area (Å²) in [6.45, 7) is 7.17. The van der Waals surface area contributed by atoms with Gasteiger partial charge in [-0.25, -0.2) is 8.42 Å². The quantitative estimate of drug-likeness (QED) is 0.861. The highest BCUT2D eigenvalue weighted by molar-refractivity contribution is 9.10. The standard InChI is InChI=1S/C15H23BrN2O2S/c1-3-17-11-13-6-8-18(9-7-13)21(19,20)15-10-12(2)4-5-14(15)16/h4-5,10,13,17H,3,6-9,11H2,1-2H3. The molecule has 0 radical (unpaired) electrons. The minimum absolute atomic E-state index is 0.382. The van der Waals surface area contributed by atoms with Gasteiger partial charge in [-0.15, -0.1) is 0 Å². The van der Waals surface area contributed by atoms with Crippen LogP contribution in [0.5, 0.6) is 0 Å². The lowest BCUT2D eigenvalue weighted by atomic mass is 9.98. The second-order valence-electron chi connectivity index (χ2n) is 5.59. The number of benzene rings is 1. The van der Waals surface area contributed by atoms with Gasteiger partial charge in [-0.3, -0.25) is 0 Å².